The highest BCUT2D eigenvalue weighted by molar-refractivity contribution is 5.46. The summed E-state index contributed by atoms with van der Waals surface area (Å²) in [5, 5.41) is 12.2. The number of aromatic nitrogens is 1. The molecule has 4 nitrogen and oxygen atoms in total. The smallest absolute Gasteiger partial charge is 0.119 e. The lowest BCUT2D eigenvalue weighted by Crippen LogP contribution is -2.08. The van der Waals surface area contributed by atoms with E-state index in [0.717, 1.165) is 30.4 Å². The average Bonchev–Trinajstić information content (AvgIpc) is 2.97. The van der Waals surface area contributed by atoms with Gasteiger partial charge >= 0.3 is 0 Å². The first-order valence-corrected chi connectivity index (χ1v) is 7.90. The van der Waals surface area contributed by atoms with Gasteiger partial charge in [-0.05, 0) is 48.7 Å². The van der Waals surface area contributed by atoms with E-state index in [9.17, 15) is 0 Å². The molecule has 0 aliphatic heterocycles. The third-order valence-electron chi connectivity index (χ3n) is 3.56. The average molecular weight is 302 g/mol. The lowest BCUT2D eigenvalue weighted by Gasteiger charge is -2.13. The van der Waals surface area contributed by atoms with E-state index in [2.05, 4.69) is 42.1 Å². The van der Waals surface area contributed by atoms with Crippen LogP contribution >= 0.6 is 0 Å². The molecule has 2 aromatic rings. The van der Waals surface area contributed by atoms with E-state index in [4.69, 9.17) is 9.84 Å². The number of ether oxygens (including phenoxy) is 1. The molecule has 0 saturated heterocycles. The van der Waals surface area contributed by atoms with E-state index < -0.39 is 0 Å². The first-order valence-electron chi connectivity index (χ1n) is 7.90. The maximum Gasteiger partial charge on any atom is 0.119 e. The van der Waals surface area contributed by atoms with Gasteiger partial charge < -0.3 is 19.7 Å². The summed E-state index contributed by atoms with van der Waals surface area (Å²) in [6.07, 6.45) is 3.34. The molecule has 0 aliphatic carbocycles. The van der Waals surface area contributed by atoms with Gasteiger partial charge in [0.15, 0.2) is 0 Å². The van der Waals surface area contributed by atoms with E-state index >= 15 is 0 Å². The van der Waals surface area contributed by atoms with Crippen LogP contribution in [0, 0.1) is 5.92 Å². The molecule has 1 aromatic heterocycles. The van der Waals surface area contributed by atoms with Crippen molar-refractivity contribution in [1.29, 1.82) is 0 Å². The van der Waals surface area contributed by atoms with Crippen LogP contribution < -0.4 is 10.1 Å². The molecule has 0 amide bonds. The predicted molar refractivity (Wildman–Crippen MR) is 90.2 cm³/mol. The van der Waals surface area contributed by atoms with Crippen molar-refractivity contribution >= 4 is 5.69 Å². The summed E-state index contributed by atoms with van der Waals surface area (Å²) in [5.74, 6) is 1.49. The molecule has 0 bridgehead atoms. The summed E-state index contributed by atoms with van der Waals surface area (Å²) in [4.78, 5) is 0. The number of nitrogens with zero attached hydrogens (tertiary/aromatic N) is 1. The summed E-state index contributed by atoms with van der Waals surface area (Å²) in [6, 6.07) is 12.1. The van der Waals surface area contributed by atoms with Gasteiger partial charge in [-0.1, -0.05) is 13.8 Å². The molecule has 4 heteroatoms. The van der Waals surface area contributed by atoms with Crippen LogP contribution in [-0.2, 0) is 13.1 Å². The van der Waals surface area contributed by atoms with Gasteiger partial charge in [-0.2, -0.15) is 0 Å². The minimum atomic E-state index is 0.0351. The zero-order chi connectivity index (χ0) is 15.8. The predicted octanol–water partition coefficient (Wildman–Crippen LogP) is 3.52. The Kier molecular flexibility index (Phi) is 6.34. The molecule has 1 aromatic carbocycles. The minimum absolute atomic E-state index is 0.0351. The lowest BCUT2D eigenvalue weighted by atomic mass is 10.1. The molecule has 0 spiro atoms. The summed E-state index contributed by atoms with van der Waals surface area (Å²) in [5.41, 5.74) is 2.36. The van der Waals surface area contributed by atoms with E-state index in [1.54, 1.807) is 0 Å². The van der Waals surface area contributed by atoms with Crippen LogP contribution in [0.25, 0.3) is 0 Å². The largest absolute Gasteiger partial charge is 0.491 e. The summed E-state index contributed by atoms with van der Waals surface area (Å²) < 4.78 is 7.66. The van der Waals surface area contributed by atoms with Gasteiger partial charge in [0.05, 0.1) is 13.2 Å². The Hall–Kier alpha value is -1.94. The van der Waals surface area contributed by atoms with Gasteiger partial charge in [-0.15, -0.1) is 0 Å². The number of rotatable bonds is 9. The van der Waals surface area contributed by atoms with Crippen LogP contribution in [0.4, 0.5) is 5.69 Å². The number of nitrogens with one attached hydrogen (secondary N) is 1. The third kappa shape index (κ3) is 5.11. The molecule has 0 saturated carbocycles. The summed E-state index contributed by atoms with van der Waals surface area (Å²) in [7, 11) is 0. The zero-order valence-electron chi connectivity index (χ0n) is 13.5. The molecular weight excluding hydrogens is 276 g/mol. The normalized spacial score (nSPS) is 10.9. The second-order valence-electron chi connectivity index (χ2n) is 5.83. The van der Waals surface area contributed by atoms with Gasteiger partial charge in [-0.3, -0.25) is 0 Å². The number of aliphatic hydroxyl groups excluding tert-OH is 1. The molecule has 0 atom stereocenters. The number of aliphatic hydroxyl groups is 1. The minimum Gasteiger partial charge on any atom is -0.491 e. The SMILES string of the molecule is CC(C)CCn1cccc1CNc1ccc(OCCO)cc1. The molecule has 2 rings (SSSR count). The second kappa shape index (κ2) is 8.49. The first-order chi connectivity index (χ1) is 10.7. The van der Waals surface area contributed by atoms with E-state index in [-0.39, 0.29) is 6.61 Å². The standard InChI is InChI=1S/C18H26N2O2/c1-15(2)9-11-20-10-3-4-17(20)14-19-16-5-7-18(8-6-16)22-13-12-21/h3-8,10,15,19,21H,9,11-14H2,1-2H3. The molecule has 0 radical (unpaired) electrons. The highest BCUT2D eigenvalue weighted by Crippen LogP contribution is 2.17. The lowest BCUT2D eigenvalue weighted by molar-refractivity contribution is 0.201. The molecule has 120 valence electrons. The fourth-order valence-corrected chi connectivity index (χ4v) is 2.25. The Balaban J connectivity index is 1.86. The Morgan fingerprint density at radius 2 is 1.95 bits per heavy atom. The van der Waals surface area contributed by atoms with Crippen LogP contribution in [-0.4, -0.2) is 22.9 Å². The van der Waals surface area contributed by atoms with Gasteiger partial charge in [0, 0.05) is 24.1 Å². The van der Waals surface area contributed by atoms with Gasteiger partial charge in [-0.25, -0.2) is 0 Å². The Bertz CT molecular complexity index is 546. The first kappa shape index (κ1) is 16.4. The second-order valence-corrected chi connectivity index (χ2v) is 5.83. The van der Waals surface area contributed by atoms with Crippen molar-refractivity contribution in [2.75, 3.05) is 18.5 Å². The van der Waals surface area contributed by atoms with Crippen LogP contribution in [0.5, 0.6) is 5.75 Å². The highest BCUT2D eigenvalue weighted by Gasteiger charge is 2.02. The summed E-state index contributed by atoms with van der Waals surface area (Å²) >= 11 is 0. The number of hydrogen-bond donors (Lipinski definition) is 2. The molecule has 0 aliphatic rings. The molecule has 2 N–H and O–H groups in total. The number of aryl methyl sites for hydroxylation is 1. The number of anilines is 1. The topological polar surface area (TPSA) is 46.4 Å². The van der Waals surface area contributed by atoms with Crippen molar-refractivity contribution in [1.82, 2.24) is 4.57 Å². The number of benzene rings is 1. The van der Waals surface area contributed by atoms with E-state index in [1.165, 1.54) is 12.1 Å². The van der Waals surface area contributed by atoms with Crippen molar-refractivity contribution in [3.05, 3.63) is 48.3 Å². The fourth-order valence-electron chi connectivity index (χ4n) is 2.25. The molecule has 22 heavy (non-hydrogen) atoms. The van der Waals surface area contributed by atoms with Crippen molar-refractivity contribution in [2.24, 2.45) is 5.92 Å². The molecule has 0 unspecified atom stereocenters. The van der Waals surface area contributed by atoms with Crippen LogP contribution in [0.1, 0.15) is 26.0 Å². The van der Waals surface area contributed by atoms with Gasteiger partial charge in [0.25, 0.3) is 0 Å². The Morgan fingerprint density at radius 3 is 2.64 bits per heavy atom. The molecular formula is C18H26N2O2. The number of hydrogen-bond acceptors (Lipinski definition) is 3. The molecule has 0 fully saturated rings. The van der Waals surface area contributed by atoms with Gasteiger partial charge in [0.1, 0.15) is 12.4 Å². The van der Waals surface area contributed by atoms with Crippen LogP contribution in [0.2, 0.25) is 0 Å². The Morgan fingerprint density at radius 1 is 1.18 bits per heavy atom. The van der Waals surface area contributed by atoms with Crippen molar-refractivity contribution < 1.29 is 9.84 Å². The third-order valence-corrected chi connectivity index (χ3v) is 3.56. The van der Waals surface area contributed by atoms with Crippen LogP contribution in [0.3, 0.4) is 0 Å². The fraction of sp³-hybridized carbons (Fsp3) is 0.444. The quantitative estimate of drug-likeness (QED) is 0.745. The zero-order valence-corrected chi connectivity index (χ0v) is 13.5. The maximum atomic E-state index is 8.74. The van der Waals surface area contributed by atoms with Gasteiger partial charge in [0.2, 0.25) is 0 Å². The van der Waals surface area contributed by atoms with Crippen molar-refractivity contribution in [3.63, 3.8) is 0 Å². The maximum absolute atomic E-state index is 8.74. The van der Waals surface area contributed by atoms with Crippen molar-refractivity contribution in [3.8, 4) is 5.75 Å². The monoisotopic (exact) mass is 302 g/mol. The highest BCUT2D eigenvalue weighted by atomic mass is 16.5. The summed E-state index contributed by atoms with van der Waals surface area (Å²) in [6.45, 7) is 6.74. The van der Waals surface area contributed by atoms with Crippen LogP contribution in [0.15, 0.2) is 42.6 Å². The van der Waals surface area contributed by atoms with E-state index in [1.807, 2.05) is 24.3 Å². The Labute approximate surface area is 132 Å². The van der Waals surface area contributed by atoms with E-state index in [0.29, 0.717) is 6.61 Å². The molecule has 1 heterocycles. The van der Waals surface area contributed by atoms with Crippen molar-refractivity contribution in [2.45, 2.75) is 33.4 Å².